The summed E-state index contributed by atoms with van der Waals surface area (Å²) >= 11 is 3.39. The van der Waals surface area contributed by atoms with E-state index in [2.05, 4.69) is 15.9 Å². The van der Waals surface area contributed by atoms with E-state index < -0.39 is 5.79 Å². The van der Waals surface area contributed by atoms with E-state index >= 15 is 0 Å². The summed E-state index contributed by atoms with van der Waals surface area (Å²) in [6, 6.07) is 7.44. The molecule has 0 N–H and O–H groups in total. The predicted molar refractivity (Wildman–Crippen MR) is 70.3 cm³/mol. The zero-order valence-electron chi connectivity index (χ0n) is 10.1. The predicted octanol–water partition coefficient (Wildman–Crippen LogP) is 1.91. The van der Waals surface area contributed by atoms with Gasteiger partial charge in [0.05, 0.1) is 25.0 Å². The minimum absolute atomic E-state index is 0.0120. The molecule has 2 aliphatic heterocycles. The molecule has 3 rings (SSSR count). The van der Waals surface area contributed by atoms with Gasteiger partial charge >= 0.3 is 0 Å². The number of nitrogens with zero attached hydrogens (tertiary/aromatic N) is 2. The van der Waals surface area contributed by atoms with Crippen molar-refractivity contribution in [3.8, 4) is 6.07 Å². The van der Waals surface area contributed by atoms with Gasteiger partial charge in [-0.1, -0.05) is 15.9 Å². The lowest BCUT2D eigenvalue weighted by molar-refractivity contribution is -0.256. The van der Waals surface area contributed by atoms with Gasteiger partial charge in [-0.3, -0.25) is 9.69 Å². The molecule has 6 heteroatoms. The molecule has 19 heavy (non-hydrogen) atoms. The number of ether oxygens (including phenoxy) is 2. The zero-order valence-corrected chi connectivity index (χ0v) is 11.6. The molecule has 1 spiro atoms. The van der Waals surface area contributed by atoms with Gasteiger partial charge < -0.3 is 9.47 Å². The molecule has 2 aliphatic rings. The van der Waals surface area contributed by atoms with Gasteiger partial charge in [0.25, 0.3) is 11.7 Å². The Labute approximate surface area is 118 Å². The summed E-state index contributed by atoms with van der Waals surface area (Å²) < 4.78 is 12.1. The average Bonchev–Trinajstić information content (AvgIpc) is 2.64. The molecule has 5 nitrogen and oxygen atoms in total. The smallest absolute Gasteiger partial charge is 0.293 e. The van der Waals surface area contributed by atoms with Gasteiger partial charge in [-0.2, -0.15) is 5.26 Å². The van der Waals surface area contributed by atoms with Crippen LogP contribution in [0.2, 0.25) is 0 Å². The van der Waals surface area contributed by atoms with Crippen molar-refractivity contribution >= 4 is 27.5 Å². The van der Waals surface area contributed by atoms with E-state index in [0.717, 1.165) is 10.9 Å². The summed E-state index contributed by atoms with van der Waals surface area (Å²) in [4.78, 5) is 14.0. The molecule has 2 heterocycles. The van der Waals surface area contributed by atoms with Crippen molar-refractivity contribution in [1.82, 2.24) is 0 Å². The van der Waals surface area contributed by atoms with Crippen LogP contribution in [0.25, 0.3) is 0 Å². The molecule has 98 valence electrons. The van der Waals surface area contributed by atoms with Crippen molar-refractivity contribution in [3.63, 3.8) is 0 Å². The Morgan fingerprint density at radius 3 is 2.84 bits per heavy atom. The normalized spacial score (nSPS) is 20.4. The van der Waals surface area contributed by atoms with E-state index in [0.29, 0.717) is 24.5 Å². The maximum atomic E-state index is 12.6. The summed E-state index contributed by atoms with van der Waals surface area (Å²) in [5.74, 6) is -1.68. The third kappa shape index (κ3) is 1.77. The van der Waals surface area contributed by atoms with Crippen LogP contribution >= 0.6 is 15.9 Å². The van der Waals surface area contributed by atoms with Crippen LogP contribution in [0, 0.1) is 11.3 Å². The van der Waals surface area contributed by atoms with Crippen LogP contribution in [-0.2, 0) is 20.1 Å². The molecule has 0 bridgehead atoms. The fourth-order valence-corrected chi connectivity index (χ4v) is 2.81. The summed E-state index contributed by atoms with van der Waals surface area (Å²) in [6.45, 7) is 0.929. The Balaban J connectivity index is 2.15. The van der Waals surface area contributed by atoms with Crippen molar-refractivity contribution in [2.24, 2.45) is 0 Å². The van der Waals surface area contributed by atoms with Crippen molar-refractivity contribution in [3.05, 3.63) is 28.2 Å². The second-order valence-electron chi connectivity index (χ2n) is 4.38. The lowest BCUT2D eigenvalue weighted by atomic mass is 10.1. The highest BCUT2D eigenvalue weighted by Gasteiger charge is 2.54. The third-order valence-corrected chi connectivity index (χ3v) is 3.75. The number of fused-ring (bicyclic) bond motifs is 2. The molecular formula is C13H11BrN2O3. The van der Waals surface area contributed by atoms with Gasteiger partial charge in [-0.15, -0.1) is 0 Å². The molecule has 0 atom stereocenters. The van der Waals surface area contributed by atoms with E-state index in [4.69, 9.17) is 14.7 Å². The Hall–Kier alpha value is -1.42. The third-order valence-electron chi connectivity index (χ3n) is 3.26. The molecular weight excluding hydrogens is 312 g/mol. The number of benzene rings is 1. The number of amides is 1. The standard InChI is InChI=1S/C13H11BrN2O3/c14-9-2-3-11-10(8-9)13(18-6-1-7-19-13)12(17)16(11)5-4-15/h2-3,8H,1,5-7H2. The first-order valence-corrected chi connectivity index (χ1v) is 6.75. The maximum absolute atomic E-state index is 12.6. The molecule has 0 radical (unpaired) electrons. The molecule has 1 aromatic rings. The average molecular weight is 323 g/mol. The quantitative estimate of drug-likeness (QED) is 0.741. The van der Waals surface area contributed by atoms with Gasteiger partial charge in [0, 0.05) is 10.0 Å². The second-order valence-corrected chi connectivity index (χ2v) is 5.29. The van der Waals surface area contributed by atoms with Gasteiger partial charge in [0.2, 0.25) is 0 Å². The molecule has 0 saturated carbocycles. The monoisotopic (exact) mass is 322 g/mol. The number of nitriles is 1. The highest BCUT2D eigenvalue weighted by Crippen LogP contribution is 2.45. The van der Waals surface area contributed by atoms with Crippen LogP contribution in [0.5, 0.6) is 0 Å². The highest BCUT2D eigenvalue weighted by atomic mass is 79.9. The van der Waals surface area contributed by atoms with Gasteiger partial charge in [-0.05, 0) is 24.6 Å². The fourth-order valence-electron chi connectivity index (χ4n) is 2.45. The number of rotatable bonds is 1. The van der Waals surface area contributed by atoms with Crippen molar-refractivity contribution in [2.75, 3.05) is 24.7 Å². The van der Waals surface area contributed by atoms with Crippen LogP contribution in [0.15, 0.2) is 22.7 Å². The van der Waals surface area contributed by atoms with Gasteiger partial charge in [0.15, 0.2) is 0 Å². The van der Waals surface area contributed by atoms with E-state index in [-0.39, 0.29) is 12.5 Å². The lowest BCUT2D eigenvalue weighted by Gasteiger charge is -2.32. The molecule has 1 saturated heterocycles. The number of hydrogen-bond donors (Lipinski definition) is 0. The molecule has 1 amide bonds. The van der Waals surface area contributed by atoms with Crippen molar-refractivity contribution in [2.45, 2.75) is 12.2 Å². The molecule has 0 unspecified atom stereocenters. The topological polar surface area (TPSA) is 62.6 Å². The Kier molecular flexibility index (Phi) is 3.05. The van der Waals surface area contributed by atoms with Crippen LogP contribution in [-0.4, -0.2) is 25.7 Å². The number of carbonyl (C=O) groups is 1. The molecule has 1 fully saturated rings. The first-order valence-electron chi connectivity index (χ1n) is 5.96. The van der Waals surface area contributed by atoms with Crippen molar-refractivity contribution < 1.29 is 14.3 Å². The number of anilines is 1. The number of carbonyl (C=O) groups excluding carboxylic acids is 1. The van der Waals surface area contributed by atoms with Crippen LogP contribution in [0.3, 0.4) is 0 Å². The minimum atomic E-state index is -1.37. The SMILES string of the molecule is N#CCN1C(=O)C2(OCCCO2)c2cc(Br)ccc21. The minimum Gasteiger partial charge on any atom is -0.338 e. The van der Waals surface area contributed by atoms with E-state index in [1.807, 2.05) is 18.2 Å². The largest absolute Gasteiger partial charge is 0.338 e. The molecule has 1 aromatic carbocycles. The van der Waals surface area contributed by atoms with Crippen LogP contribution < -0.4 is 4.90 Å². The highest BCUT2D eigenvalue weighted by molar-refractivity contribution is 9.10. The van der Waals surface area contributed by atoms with E-state index in [1.165, 1.54) is 4.90 Å². The van der Waals surface area contributed by atoms with Gasteiger partial charge in [0.1, 0.15) is 6.54 Å². The molecule has 0 aromatic heterocycles. The number of hydrogen-bond acceptors (Lipinski definition) is 4. The Bertz CT molecular complexity index is 576. The maximum Gasteiger partial charge on any atom is 0.293 e. The lowest BCUT2D eigenvalue weighted by Crippen LogP contribution is -2.47. The number of halogens is 1. The van der Waals surface area contributed by atoms with Crippen molar-refractivity contribution in [1.29, 1.82) is 5.26 Å². The van der Waals surface area contributed by atoms with E-state index in [1.54, 1.807) is 6.07 Å². The first-order chi connectivity index (χ1) is 9.19. The van der Waals surface area contributed by atoms with E-state index in [9.17, 15) is 4.79 Å². The summed E-state index contributed by atoms with van der Waals surface area (Å²) in [5.41, 5.74) is 1.35. The zero-order chi connectivity index (χ0) is 13.5. The Morgan fingerprint density at radius 1 is 1.42 bits per heavy atom. The summed E-state index contributed by atoms with van der Waals surface area (Å²) in [7, 11) is 0. The van der Waals surface area contributed by atoms with Crippen LogP contribution in [0.1, 0.15) is 12.0 Å². The Morgan fingerprint density at radius 2 is 2.16 bits per heavy atom. The molecule has 0 aliphatic carbocycles. The summed E-state index contributed by atoms with van der Waals surface area (Å²) in [5, 5.41) is 8.88. The van der Waals surface area contributed by atoms with Gasteiger partial charge in [-0.25, -0.2) is 0 Å². The first kappa shape index (κ1) is 12.6. The fraction of sp³-hybridized carbons (Fsp3) is 0.385. The van der Waals surface area contributed by atoms with Crippen LogP contribution in [0.4, 0.5) is 5.69 Å². The summed E-state index contributed by atoms with van der Waals surface area (Å²) in [6.07, 6.45) is 0.761. The second kappa shape index (κ2) is 4.60.